The highest BCUT2D eigenvalue weighted by molar-refractivity contribution is 7.18. The van der Waals surface area contributed by atoms with Crippen molar-refractivity contribution in [2.24, 2.45) is 0 Å². The molecule has 1 amide bonds. The lowest BCUT2D eigenvalue weighted by Gasteiger charge is -2.14. The van der Waals surface area contributed by atoms with Gasteiger partial charge in [0.15, 0.2) is 5.13 Å². The average molecular weight is 297 g/mol. The van der Waals surface area contributed by atoms with Crippen molar-refractivity contribution < 1.29 is 4.79 Å². The van der Waals surface area contributed by atoms with Crippen LogP contribution in [0.3, 0.4) is 0 Å². The summed E-state index contributed by atoms with van der Waals surface area (Å²) >= 11 is 2.81. The second-order valence-corrected chi connectivity index (χ2v) is 5.94. The second-order valence-electron chi connectivity index (χ2n) is 4.25. The highest BCUT2D eigenvalue weighted by atomic mass is 32.1. The predicted octanol–water partition coefficient (Wildman–Crippen LogP) is 1.52. The van der Waals surface area contributed by atoms with Gasteiger partial charge in [-0.25, -0.2) is 9.97 Å². The summed E-state index contributed by atoms with van der Waals surface area (Å²) in [5.74, 6) is 0.153. The number of hydrogen-bond acceptors (Lipinski definition) is 7. The minimum atomic E-state index is -0.129. The van der Waals surface area contributed by atoms with Crippen molar-refractivity contribution in [2.45, 2.75) is 6.54 Å². The van der Waals surface area contributed by atoms with Crippen LogP contribution in [0.4, 0.5) is 10.9 Å². The summed E-state index contributed by atoms with van der Waals surface area (Å²) < 4.78 is 0. The van der Waals surface area contributed by atoms with Crippen LogP contribution >= 0.6 is 22.7 Å². The maximum Gasteiger partial charge on any atom is 0.267 e. The number of anilines is 2. The zero-order valence-electron chi connectivity index (χ0n) is 11.0. The summed E-state index contributed by atoms with van der Waals surface area (Å²) in [6.07, 6.45) is 0. The molecular weight excluding hydrogens is 282 g/mol. The third-order valence-corrected chi connectivity index (χ3v) is 4.31. The van der Waals surface area contributed by atoms with Crippen LogP contribution in [0, 0.1) is 0 Å². The summed E-state index contributed by atoms with van der Waals surface area (Å²) in [6, 6.07) is 0. The lowest BCUT2D eigenvalue weighted by molar-refractivity contribution is 0.0789. The molecule has 2 aromatic heterocycles. The molecule has 8 heteroatoms. The summed E-state index contributed by atoms with van der Waals surface area (Å²) in [6.45, 7) is 0.469. The molecule has 19 heavy (non-hydrogen) atoms. The molecule has 2 N–H and O–H groups in total. The molecule has 0 unspecified atom stereocenters. The summed E-state index contributed by atoms with van der Waals surface area (Å²) in [5, 5.41) is 2.65. The highest BCUT2D eigenvalue weighted by Crippen LogP contribution is 2.27. The van der Waals surface area contributed by atoms with E-state index in [0.717, 1.165) is 10.8 Å². The van der Waals surface area contributed by atoms with E-state index in [2.05, 4.69) is 9.97 Å². The third-order valence-electron chi connectivity index (χ3n) is 2.45. The van der Waals surface area contributed by atoms with E-state index in [1.54, 1.807) is 17.5 Å². The minimum Gasteiger partial charge on any atom is -0.382 e. The van der Waals surface area contributed by atoms with Gasteiger partial charge in [-0.1, -0.05) is 11.3 Å². The first-order valence-corrected chi connectivity index (χ1v) is 7.31. The Bertz CT molecular complexity index is 564. The van der Waals surface area contributed by atoms with Gasteiger partial charge in [0.05, 0.1) is 17.7 Å². The van der Waals surface area contributed by atoms with Crippen LogP contribution in [0.1, 0.15) is 15.4 Å². The van der Waals surface area contributed by atoms with Gasteiger partial charge in [-0.05, 0) is 0 Å². The number of carbonyl (C=O) groups is 1. The highest BCUT2D eigenvalue weighted by Gasteiger charge is 2.20. The molecule has 0 aromatic carbocycles. The largest absolute Gasteiger partial charge is 0.382 e. The number of carbonyl (C=O) groups excluding carboxylic acids is 1. The van der Waals surface area contributed by atoms with Crippen LogP contribution in [0.25, 0.3) is 0 Å². The Hall–Kier alpha value is -1.67. The van der Waals surface area contributed by atoms with Crippen LogP contribution in [-0.4, -0.2) is 41.9 Å². The van der Waals surface area contributed by atoms with Gasteiger partial charge in [-0.15, -0.1) is 11.3 Å². The molecule has 0 saturated heterocycles. The SMILES string of the molecule is CN(Cc1cscn1)C(=O)c1sc(N(C)C)nc1N. The van der Waals surface area contributed by atoms with Crippen molar-refractivity contribution in [3.05, 3.63) is 21.5 Å². The van der Waals surface area contributed by atoms with Crippen LogP contribution in [0.5, 0.6) is 0 Å². The van der Waals surface area contributed by atoms with Crippen molar-refractivity contribution >= 4 is 39.5 Å². The van der Waals surface area contributed by atoms with E-state index in [4.69, 9.17) is 5.73 Å². The monoisotopic (exact) mass is 297 g/mol. The molecule has 0 bridgehead atoms. The molecule has 0 saturated carbocycles. The predicted molar refractivity (Wildman–Crippen MR) is 78.8 cm³/mol. The Kier molecular flexibility index (Phi) is 4.01. The van der Waals surface area contributed by atoms with E-state index in [1.807, 2.05) is 24.4 Å². The van der Waals surface area contributed by atoms with Gasteiger partial charge in [-0.3, -0.25) is 4.79 Å². The second kappa shape index (κ2) is 5.54. The molecule has 102 valence electrons. The van der Waals surface area contributed by atoms with Crippen molar-refractivity contribution in [1.29, 1.82) is 0 Å². The Labute approximate surface area is 119 Å². The number of amides is 1. The topological polar surface area (TPSA) is 75.4 Å². The molecule has 6 nitrogen and oxygen atoms in total. The molecule has 0 aliphatic carbocycles. The lowest BCUT2D eigenvalue weighted by Crippen LogP contribution is -2.26. The van der Waals surface area contributed by atoms with E-state index < -0.39 is 0 Å². The van der Waals surface area contributed by atoms with Crippen LogP contribution < -0.4 is 10.6 Å². The van der Waals surface area contributed by atoms with E-state index in [0.29, 0.717) is 11.4 Å². The average Bonchev–Trinajstić information content (AvgIpc) is 2.97. The maximum absolute atomic E-state index is 12.3. The number of nitrogen functional groups attached to an aromatic ring is 1. The van der Waals surface area contributed by atoms with Crippen molar-refractivity contribution in [1.82, 2.24) is 14.9 Å². The first kappa shape index (κ1) is 13.8. The summed E-state index contributed by atoms with van der Waals surface area (Å²) in [7, 11) is 5.47. The molecule has 2 rings (SSSR count). The zero-order valence-corrected chi connectivity index (χ0v) is 12.6. The molecule has 2 aromatic rings. The Balaban J connectivity index is 2.14. The molecule has 0 radical (unpaired) electrons. The number of rotatable bonds is 4. The zero-order chi connectivity index (χ0) is 14.0. The fraction of sp³-hybridized carbons (Fsp3) is 0.364. The molecule has 0 atom stereocenters. The lowest BCUT2D eigenvalue weighted by atomic mass is 10.4. The van der Waals surface area contributed by atoms with Crippen LogP contribution in [0.15, 0.2) is 10.9 Å². The smallest absolute Gasteiger partial charge is 0.267 e. The molecule has 0 fully saturated rings. The van der Waals surface area contributed by atoms with Crippen molar-refractivity contribution in [3.8, 4) is 0 Å². The van der Waals surface area contributed by atoms with Gasteiger partial charge in [0.25, 0.3) is 5.91 Å². The van der Waals surface area contributed by atoms with Crippen molar-refractivity contribution in [2.75, 3.05) is 31.8 Å². The standard InChI is InChI=1S/C11H15N5OS2/c1-15(2)11-14-9(12)8(19-11)10(17)16(3)4-7-5-18-6-13-7/h5-6H,4,12H2,1-3H3. The summed E-state index contributed by atoms with van der Waals surface area (Å²) in [4.78, 5) is 24.5. The van der Waals surface area contributed by atoms with E-state index in [1.165, 1.54) is 22.7 Å². The Morgan fingerprint density at radius 1 is 1.42 bits per heavy atom. The van der Waals surface area contributed by atoms with Crippen LogP contribution in [0.2, 0.25) is 0 Å². The fourth-order valence-corrected chi connectivity index (χ4v) is 2.92. The Morgan fingerprint density at radius 2 is 2.16 bits per heavy atom. The van der Waals surface area contributed by atoms with E-state index in [-0.39, 0.29) is 11.7 Å². The first-order valence-electron chi connectivity index (χ1n) is 5.55. The van der Waals surface area contributed by atoms with E-state index >= 15 is 0 Å². The molecule has 2 heterocycles. The van der Waals surface area contributed by atoms with Gasteiger partial charge in [0.1, 0.15) is 10.7 Å². The van der Waals surface area contributed by atoms with Crippen LogP contribution in [-0.2, 0) is 6.54 Å². The first-order chi connectivity index (χ1) is 8.99. The molecule has 0 aliphatic rings. The van der Waals surface area contributed by atoms with Gasteiger partial charge in [0, 0.05) is 26.5 Å². The van der Waals surface area contributed by atoms with Crippen molar-refractivity contribution in [3.63, 3.8) is 0 Å². The number of nitrogens with two attached hydrogens (primary N) is 1. The fourth-order valence-electron chi connectivity index (χ4n) is 1.47. The van der Waals surface area contributed by atoms with E-state index in [9.17, 15) is 4.79 Å². The normalized spacial score (nSPS) is 10.5. The molecule has 0 spiro atoms. The number of nitrogens with zero attached hydrogens (tertiary/aromatic N) is 4. The quantitative estimate of drug-likeness (QED) is 0.926. The molecule has 0 aliphatic heterocycles. The van der Waals surface area contributed by atoms with Gasteiger partial charge >= 0.3 is 0 Å². The number of thiazole rings is 2. The summed E-state index contributed by atoms with van der Waals surface area (Å²) in [5.41, 5.74) is 8.42. The number of hydrogen-bond donors (Lipinski definition) is 1. The van der Waals surface area contributed by atoms with Gasteiger partial charge < -0.3 is 15.5 Å². The van der Waals surface area contributed by atoms with Gasteiger partial charge in [0.2, 0.25) is 0 Å². The third kappa shape index (κ3) is 3.02. The maximum atomic E-state index is 12.3. The minimum absolute atomic E-state index is 0.129. The Morgan fingerprint density at radius 3 is 2.68 bits per heavy atom. The molecular formula is C11H15N5OS2. The number of aromatic nitrogens is 2. The van der Waals surface area contributed by atoms with Gasteiger partial charge in [-0.2, -0.15) is 0 Å².